The molecule has 3 aromatic heterocycles. The van der Waals surface area contributed by atoms with Crippen LogP contribution in [0.5, 0.6) is 0 Å². The zero-order valence-corrected chi connectivity index (χ0v) is 21.4. The van der Waals surface area contributed by atoms with E-state index in [1.807, 2.05) is 26.8 Å². The van der Waals surface area contributed by atoms with Crippen molar-refractivity contribution in [2.24, 2.45) is 0 Å². The second-order valence-electron chi connectivity index (χ2n) is 8.21. The summed E-state index contributed by atoms with van der Waals surface area (Å²) in [6.07, 6.45) is 5.13. The van der Waals surface area contributed by atoms with E-state index in [1.165, 1.54) is 12.4 Å². The fraction of sp³-hybridized carbons (Fsp3) is 0.500. The molecule has 0 fully saturated rings. The summed E-state index contributed by atoms with van der Waals surface area (Å²) in [7, 11) is -2.18. The molecule has 3 heterocycles. The van der Waals surface area contributed by atoms with Crippen molar-refractivity contribution < 1.29 is 17.9 Å². The quantitative estimate of drug-likeness (QED) is 0.384. The number of nitrogens with zero attached hydrogens (tertiary/aromatic N) is 6. The second-order valence-corrected chi connectivity index (χ2v) is 11.0. The van der Waals surface area contributed by atoms with Gasteiger partial charge in [0.1, 0.15) is 17.7 Å². The van der Waals surface area contributed by atoms with Crippen LogP contribution in [-0.2, 0) is 31.6 Å². The van der Waals surface area contributed by atoms with E-state index in [9.17, 15) is 8.42 Å². The van der Waals surface area contributed by atoms with E-state index < -0.39 is 21.2 Å². The second kappa shape index (κ2) is 11.3. The molecule has 0 spiro atoms. The van der Waals surface area contributed by atoms with Gasteiger partial charge in [0.05, 0.1) is 23.0 Å². The molecule has 0 saturated heterocycles. The zero-order valence-electron chi connectivity index (χ0n) is 19.8. The number of methoxy groups -OCH3 is 1. The number of ether oxygens (including phenoxy) is 2. The molecule has 12 heteroatoms. The molecule has 0 N–H and O–H groups in total. The van der Waals surface area contributed by atoms with Crippen molar-refractivity contribution >= 4 is 21.4 Å². The van der Waals surface area contributed by atoms with E-state index in [1.54, 1.807) is 31.0 Å². The lowest BCUT2D eigenvalue weighted by atomic mass is 10.2. The van der Waals surface area contributed by atoms with Crippen molar-refractivity contribution in [2.45, 2.75) is 57.5 Å². The van der Waals surface area contributed by atoms with Crippen molar-refractivity contribution in [3.05, 3.63) is 53.1 Å². The Balaban J connectivity index is 1.95. The molecule has 0 aliphatic heterocycles. The standard InChI is InChI=1S/C22H29ClN6O4S/c1-14(2)33-20(21-25-11-18(23)12-26-21)16(4)34(30,31)13-19-27-28-22(29(19)6-7-32-5)17-8-15(3)9-24-10-17/h8-12,14,16,20H,6-7,13H2,1-5H3/t16-,20+/m0/s1. The van der Waals surface area contributed by atoms with Crippen molar-refractivity contribution in [1.82, 2.24) is 29.7 Å². The van der Waals surface area contributed by atoms with E-state index in [0.717, 1.165) is 11.1 Å². The van der Waals surface area contributed by atoms with Gasteiger partial charge in [-0.05, 0) is 39.3 Å². The van der Waals surface area contributed by atoms with Crippen LogP contribution in [0.15, 0.2) is 30.9 Å². The minimum absolute atomic E-state index is 0.243. The Hall–Kier alpha value is -2.47. The van der Waals surface area contributed by atoms with Crippen molar-refractivity contribution in [1.29, 1.82) is 0 Å². The first-order chi connectivity index (χ1) is 16.1. The van der Waals surface area contributed by atoms with Gasteiger partial charge < -0.3 is 14.0 Å². The van der Waals surface area contributed by atoms with Crippen LogP contribution in [0.3, 0.4) is 0 Å². The van der Waals surface area contributed by atoms with Crippen LogP contribution < -0.4 is 0 Å². The molecule has 34 heavy (non-hydrogen) atoms. The molecule has 0 unspecified atom stereocenters. The first-order valence-electron chi connectivity index (χ1n) is 10.8. The molecule has 2 atom stereocenters. The fourth-order valence-electron chi connectivity index (χ4n) is 3.39. The summed E-state index contributed by atoms with van der Waals surface area (Å²) >= 11 is 5.90. The Morgan fingerprint density at radius 2 is 1.79 bits per heavy atom. The minimum atomic E-state index is -3.76. The monoisotopic (exact) mass is 508 g/mol. The van der Waals surface area contributed by atoms with Crippen LogP contribution in [0.2, 0.25) is 5.02 Å². The van der Waals surface area contributed by atoms with Crippen LogP contribution in [0.4, 0.5) is 0 Å². The lowest BCUT2D eigenvalue weighted by molar-refractivity contribution is 0.00142. The van der Waals surface area contributed by atoms with E-state index in [4.69, 9.17) is 21.1 Å². The Labute approximate surface area is 204 Å². The molecule has 184 valence electrons. The van der Waals surface area contributed by atoms with Gasteiger partial charge in [0.25, 0.3) is 0 Å². The molecular weight excluding hydrogens is 480 g/mol. The average molecular weight is 509 g/mol. The molecule has 0 bridgehead atoms. The lowest BCUT2D eigenvalue weighted by Gasteiger charge is -2.25. The predicted octanol–water partition coefficient (Wildman–Crippen LogP) is 3.21. The molecule has 3 rings (SSSR count). The van der Waals surface area contributed by atoms with Gasteiger partial charge in [-0.25, -0.2) is 18.4 Å². The number of aryl methyl sites for hydroxylation is 1. The summed E-state index contributed by atoms with van der Waals surface area (Å²) in [6.45, 7) is 7.91. The summed E-state index contributed by atoms with van der Waals surface area (Å²) in [5, 5.41) is 7.88. The molecule has 3 aromatic rings. The van der Waals surface area contributed by atoms with Crippen LogP contribution in [-0.4, -0.2) is 63.2 Å². The molecule has 0 aromatic carbocycles. The Morgan fingerprint density at radius 1 is 1.09 bits per heavy atom. The number of aromatic nitrogens is 6. The highest BCUT2D eigenvalue weighted by Crippen LogP contribution is 2.28. The van der Waals surface area contributed by atoms with Gasteiger partial charge in [-0.1, -0.05) is 11.6 Å². The van der Waals surface area contributed by atoms with E-state index in [-0.39, 0.29) is 17.7 Å². The first kappa shape index (κ1) is 26.1. The maximum atomic E-state index is 13.5. The summed E-state index contributed by atoms with van der Waals surface area (Å²) in [5.41, 5.74) is 1.70. The molecule has 0 aliphatic carbocycles. The lowest BCUT2D eigenvalue weighted by Crippen LogP contribution is -2.32. The number of hydrogen-bond donors (Lipinski definition) is 0. The normalized spacial score (nSPS) is 13.9. The van der Waals surface area contributed by atoms with Crippen molar-refractivity contribution in [3.63, 3.8) is 0 Å². The van der Waals surface area contributed by atoms with Gasteiger partial charge in [-0.15, -0.1) is 10.2 Å². The molecule has 0 radical (unpaired) electrons. The summed E-state index contributed by atoms with van der Waals surface area (Å²) in [6, 6.07) is 1.92. The number of hydrogen-bond acceptors (Lipinski definition) is 9. The Kier molecular flexibility index (Phi) is 8.69. The molecular formula is C22H29ClN6O4S. The summed E-state index contributed by atoms with van der Waals surface area (Å²) in [4.78, 5) is 12.6. The highest BCUT2D eigenvalue weighted by Gasteiger charge is 2.35. The van der Waals surface area contributed by atoms with E-state index >= 15 is 0 Å². The molecule has 0 amide bonds. The molecule has 0 saturated carbocycles. The van der Waals surface area contributed by atoms with E-state index in [2.05, 4.69) is 25.1 Å². The van der Waals surface area contributed by atoms with Gasteiger partial charge in [0.15, 0.2) is 21.5 Å². The Morgan fingerprint density at radius 3 is 2.41 bits per heavy atom. The van der Waals surface area contributed by atoms with Crippen LogP contribution in [0.1, 0.15) is 44.1 Å². The van der Waals surface area contributed by atoms with Crippen LogP contribution in [0, 0.1) is 6.92 Å². The van der Waals surface area contributed by atoms with Crippen LogP contribution in [0.25, 0.3) is 11.4 Å². The van der Waals surface area contributed by atoms with E-state index in [0.29, 0.717) is 29.8 Å². The van der Waals surface area contributed by atoms with Crippen molar-refractivity contribution in [2.75, 3.05) is 13.7 Å². The van der Waals surface area contributed by atoms with Gasteiger partial charge in [0, 0.05) is 44.0 Å². The highest BCUT2D eigenvalue weighted by atomic mass is 35.5. The highest BCUT2D eigenvalue weighted by molar-refractivity contribution is 7.91. The van der Waals surface area contributed by atoms with Gasteiger partial charge in [-0.3, -0.25) is 4.98 Å². The fourth-order valence-corrected chi connectivity index (χ4v) is 4.89. The molecule has 10 nitrogen and oxygen atoms in total. The third kappa shape index (κ3) is 6.35. The first-order valence-corrected chi connectivity index (χ1v) is 12.9. The number of sulfone groups is 1. The molecule has 0 aliphatic rings. The number of halogens is 1. The summed E-state index contributed by atoms with van der Waals surface area (Å²) < 4.78 is 39.9. The van der Waals surface area contributed by atoms with Gasteiger partial charge >= 0.3 is 0 Å². The zero-order chi connectivity index (χ0) is 24.9. The smallest absolute Gasteiger partial charge is 0.165 e. The summed E-state index contributed by atoms with van der Waals surface area (Å²) in [5.74, 6) is 0.750. The largest absolute Gasteiger partial charge is 0.383 e. The minimum Gasteiger partial charge on any atom is -0.383 e. The number of rotatable bonds is 11. The third-order valence-electron chi connectivity index (χ3n) is 5.12. The Bertz CT molecular complexity index is 1200. The van der Waals surface area contributed by atoms with Crippen LogP contribution >= 0.6 is 11.6 Å². The number of pyridine rings is 1. The predicted molar refractivity (Wildman–Crippen MR) is 128 cm³/mol. The van der Waals surface area contributed by atoms with Crippen molar-refractivity contribution in [3.8, 4) is 11.4 Å². The average Bonchev–Trinajstić information content (AvgIpc) is 3.17. The topological polar surface area (TPSA) is 122 Å². The SMILES string of the molecule is COCCn1c(CS(=O)(=O)[C@@H](C)[C@@H](OC(C)C)c2ncc(Cl)cn2)nnc1-c1cncc(C)c1. The maximum Gasteiger partial charge on any atom is 0.165 e. The van der Waals surface area contributed by atoms with Gasteiger partial charge in [0.2, 0.25) is 0 Å². The third-order valence-corrected chi connectivity index (χ3v) is 7.35. The van der Waals surface area contributed by atoms with Gasteiger partial charge in [-0.2, -0.15) is 0 Å². The maximum absolute atomic E-state index is 13.5.